The van der Waals surface area contributed by atoms with Gasteiger partial charge >= 0.3 is 6.18 Å². The number of hydrogen-bond acceptors (Lipinski definition) is 4. The van der Waals surface area contributed by atoms with Gasteiger partial charge in [-0.1, -0.05) is 11.3 Å². The first-order valence-electron chi connectivity index (χ1n) is 4.43. The van der Waals surface area contributed by atoms with Crippen LogP contribution >= 0.6 is 23.1 Å². The minimum atomic E-state index is -4.26. The van der Waals surface area contributed by atoms with E-state index in [9.17, 15) is 13.2 Å². The van der Waals surface area contributed by atoms with Crippen LogP contribution in [0.25, 0.3) is 0 Å². The summed E-state index contributed by atoms with van der Waals surface area (Å²) >= 11 is 2.55. The molecule has 0 radical (unpaired) electrons. The molecule has 7 heteroatoms. The van der Waals surface area contributed by atoms with E-state index in [1.165, 1.54) is 0 Å². The second-order valence-corrected chi connectivity index (χ2v) is 5.34. The van der Waals surface area contributed by atoms with Gasteiger partial charge in [0.1, 0.15) is 4.88 Å². The molecule has 1 aliphatic rings. The van der Waals surface area contributed by atoms with Gasteiger partial charge in [-0.3, -0.25) is 0 Å². The molecular formula is C8H9F3N2S2. The third-order valence-electron chi connectivity index (χ3n) is 2.05. The lowest BCUT2D eigenvalue weighted by Crippen LogP contribution is -2.32. The molecule has 1 fully saturated rings. The van der Waals surface area contributed by atoms with Gasteiger partial charge in [0, 0.05) is 24.6 Å². The van der Waals surface area contributed by atoms with Gasteiger partial charge in [0.15, 0.2) is 5.13 Å². The number of halogens is 3. The van der Waals surface area contributed by atoms with E-state index in [0.29, 0.717) is 5.13 Å². The Morgan fingerprint density at radius 2 is 1.93 bits per heavy atom. The van der Waals surface area contributed by atoms with Crippen LogP contribution in [0, 0.1) is 0 Å². The molecule has 0 unspecified atom stereocenters. The standard InChI is InChI=1S/C8H9F3N2S2/c9-8(10,11)6-5-12-7(15-6)13-1-3-14-4-2-13/h5H,1-4H2. The van der Waals surface area contributed by atoms with Crippen LogP contribution in [0.1, 0.15) is 4.88 Å². The Labute approximate surface area is 93.5 Å². The Kier molecular flexibility index (Phi) is 3.11. The van der Waals surface area contributed by atoms with Crippen LogP contribution in [0.15, 0.2) is 6.20 Å². The molecular weight excluding hydrogens is 245 g/mol. The van der Waals surface area contributed by atoms with Gasteiger partial charge in [0.05, 0.1) is 6.20 Å². The lowest BCUT2D eigenvalue weighted by atomic mass is 10.5. The number of aromatic nitrogens is 1. The molecule has 0 N–H and O–H groups in total. The van der Waals surface area contributed by atoms with Crippen molar-refractivity contribution in [3.63, 3.8) is 0 Å². The second kappa shape index (κ2) is 4.21. The minimum absolute atomic E-state index is 0.489. The SMILES string of the molecule is FC(F)(F)c1cnc(N2CCSCC2)s1. The van der Waals surface area contributed by atoms with Crippen molar-refractivity contribution in [3.8, 4) is 0 Å². The molecule has 1 aliphatic heterocycles. The molecule has 0 amide bonds. The molecule has 84 valence electrons. The first kappa shape index (κ1) is 11.1. The van der Waals surface area contributed by atoms with Gasteiger partial charge in [-0.25, -0.2) is 4.98 Å². The summed E-state index contributed by atoms with van der Waals surface area (Å²) in [6.07, 6.45) is -3.35. The van der Waals surface area contributed by atoms with E-state index < -0.39 is 11.1 Å². The normalized spacial score (nSPS) is 18.2. The van der Waals surface area contributed by atoms with Gasteiger partial charge < -0.3 is 4.90 Å². The van der Waals surface area contributed by atoms with Crippen molar-refractivity contribution in [2.45, 2.75) is 6.18 Å². The van der Waals surface area contributed by atoms with Gasteiger partial charge in [-0.05, 0) is 0 Å². The van der Waals surface area contributed by atoms with E-state index in [4.69, 9.17) is 0 Å². The summed E-state index contributed by atoms with van der Waals surface area (Å²) in [5.74, 6) is 1.92. The van der Waals surface area contributed by atoms with Crippen LogP contribution in [0.3, 0.4) is 0 Å². The highest BCUT2D eigenvalue weighted by Crippen LogP contribution is 2.36. The van der Waals surface area contributed by atoms with Gasteiger partial charge in [-0.2, -0.15) is 24.9 Å². The fourth-order valence-electron chi connectivity index (χ4n) is 1.30. The summed E-state index contributed by atoms with van der Waals surface area (Å²) in [6.45, 7) is 1.57. The number of alkyl halides is 3. The van der Waals surface area contributed by atoms with Crippen LogP contribution in [-0.2, 0) is 6.18 Å². The summed E-state index contributed by atoms with van der Waals surface area (Å²) in [5, 5.41) is 0.489. The molecule has 0 aromatic carbocycles. The number of thioether (sulfide) groups is 1. The fraction of sp³-hybridized carbons (Fsp3) is 0.625. The number of nitrogens with zero attached hydrogens (tertiary/aromatic N) is 2. The van der Waals surface area contributed by atoms with Crippen LogP contribution in [0.4, 0.5) is 18.3 Å². The van der Waals surface area contributed by atoms with Crippen molar-refractivity contribution in [1.82, 2.24) is 4.98 Å². The van der Waals surface area contributed by atoms with E-state index in [-0.39, 0.29) is 0 Å². The molecule has 1 aromatic heterocycles. The zero-order valence-corrected chi connectivity index (χ0v) is 9.38. The van der Waals surface area contributed by atoms with Crippen molar-refractivity contribution in [3.05, 3.63) is 11.1 Å². The maximum Gasteiger partial charge on any atom is 0.427 e. The quantitative estimate of drug-likeness (QED) is 0.766. The number of thiazole rings is 1. The smallest absolute Gasteiger partial charge is 0.346 e. The summed E-state index contributed by atoms with van der Waals surface area (Å²) < 4.78 is 36.9. The molecule has 0 atom stereocenters. The highest BCUT2D eigenvalue weighted by molar-refractivity contribution is 7.99. The first-order chi connectivity index (χ1) is 7.07. The predicted octanol–water partition coefficient (Wildman–Crippen LogP) is 2.72. The molecule has 0 saturated carbocycles. The largest absolute Gasteiger partial charge is 0.427 e. The average molecular weight is 254 g/mol. The van der Waals surface area contributed by atoms with E-state index >= 15 is 0 Å². The minimum Gasteiger partial charge on any atom is -0.346 e. The van der Waals surface area contributed by atoms with Crippen molar-refractivity contribution >= 4 is 28.2 Å². The van der Waals surface area contributed by atoms with Gasteiger partial charge in [0.2, 0.25) is 0 Å². The topological polar surface area (TPSA) is 16.1 Å². The van der Waals surface area contributed by atoms with Crippen LogP contribution in [0.2, 0.25) is 0 Å². The number of hydrogen-bond donors (Lipinski definition) is 0. The summed E-state index contributed by atoms with van der Waals surface area (Å²) in [5.41, 5.74) is 0. The molecule has 0 spiro atoms. The Morgan fingerprint density at radius 3 is 2.47 bits per heavy atom. The Hall–Kier alpha value is -0.430. The van der Waals surface area contributed by atoms with Gasteiger partial charge in [0.25, 0.3) is 0 Å². The zero-order valence-electron chi connectivity index (χ0n) is 7.75. The number of rotatable bonds is 1. The first-order valence-corrected chi connectivity index (χ1v) is 6.40. The van der Waals surface area contributed by atoms with Crippen molar-refractivity contribution in [1.29, 1.82) is 0 Å². The number of anilines is 1. The van der Waals surface area contributed by atoms with E-state index in [0.717, 1.165) is 42.1 Å². The second-order valence-electron chi connectivity index (χ2n) is 3.10. The van der Waals surface area contributed by atoms with Gasteiger partial charge in [-0.15, -0.1) is 0 Å². The molecule has 2 nitrogen and oxygen atoms in total. The fourth-order valence-corrected chi connectivity index (χ4v) is 3.03. The molecule has 15 heavy (non-hydrogen) atoms. The maximum atomic E-state index is 12.3. The molecule has 1 saturated heterocycles. The lowest BCUT2D eigenvalue weighted by molar-refractivity contribution is -0.134. The summed E-state index contributed by atoms with van der Waals surface area (Å²) in [4.78, 5) is 5.12. The van der Waals surface area contributed by atoms with Crippen molar-refractivity contribution in [2.24, 2.45) is 0 Å². The van der Waals surface area contributed by atoms with Crippen molar-refractivity contribution in [2.75, 3.05) is 29.5 Å². The lowest BCUT2D eigenvalue weighted by Gasteiger charge is -2.25. The van der Waals surface area contributed by atoms with E-state index in [1.54, 1.807) is 0 Å². The molecule has 0 bridgehead atoms. The summed E-state index contributed by atoms with van der Waals surface area (Å²) in [6, 6.07) is 0. The third-order valence-corrected chi connectivity index (χ3v) is 4.10. The Balaban J connectivity index is 2.12. The van der Waals surface area contributed by atoms with E-state index in [2.05, 4.69) is 4.98 Å². The van der Waals surface area contributed by atoms with Crippen LogP contribution in [0.5, 0.6) is 0 Å². The highest BCUT2D eigenvalue weighted by Gasteiger charge is 2.34. The molecule has 0 aliphatic carbocycles. The Morgan fingerprint density at radius 1 is 1.27 bits per heavy atom. The highest BCUT2D eigenvalue weighted by atomic mass is 32.2. The van der Waals surface area contributed by atoms with Crippen LogP contribution in [-0.4, -0.2) is 29.6 Å². The average Bonchev–Trinajstić information content (AvgIpc) is 2.67. The van der Waals surface area contributed by atoms with Crippen LogP contribution < -0.4 is 4.90 Å². The Bertz CT molecular complexity index is 331. The molecule has 2 rings (SSSR count). The molecule has 1 aromatic rings. The molecule has 2 heterocycles. The monoisotopic (exact) mass is 254 g/mol. The maximum absolute atomic E-state index is 12.3. The zero-order chi connectivity index (χ0) is 10.9. The predicted molar refractivity (Wildman–Crippen MR) is 56.7 cm³/mol. The van der Waals surface area contributed by atoms with Crippen molar-refractivity contribution < 1.29 is 13.2 Å². The van der Waals surface area contributed by atoms with E-state index in [1.807, 2.05) is 16.7 Å². The third kappa shape index (κ3) is 2.57. The summed E-state index contributed by atoms with van der Waals surface area (Å²) in [7, 11) is 0.